The molecular weight excluding hydrogens is 126 g/mol. The fourth-order valence-electron chi connectivity index (χ4n) is 1.38. The number of carbonyl (C=O) groups excluding carboxylic acids is 1. The lowest BCUT2D eigenvalue weighted by atomic mass is 9.82. The van der Waals surface area contributed by atoms with Crippen LogP contribution in [0.5, 0.6) is 0 Å². The van der Waals surface area contributed by atoms with Gasteiger partial charge in [0.15, 0.2) is 0 Å². The molecule has 0 aromatic carbocycles. The van der Waals surface area contributed by atoms with E-state index in [0.717, 1.165) is 6.42 Å². The van der Waals surface area contributed by atoms with Gasteiger partial charge in [0.25, 0.3) is 0 Å². The predicted octanol–water partition coefficient (Wildman–Crippen LogP) is 1.52. The summed E-state index contributed by atoms with van der Waals surface area (Å²) in [7, 11) is 0. The third-order valence-electron chi connectivity index (χ3n) is 2.41. The van der Waals surface area contributed by atoms with Crippen LogP contribution in [0, 0.1) is 22.7 Å². The molecule has 0 radical (unpaired) electrons. The van der Waals surface area contributed by atoms with E-state index in [1.165, 1.54) is 0 Å². The van der Waals surface area contributed by atoms with Crippen molar-refractivity contribution in [3.8, 4) is 6.07 Å². The van der Waals surface area contributed by atoms with E-state index in [1.54, 1.807) is 0 Å². The number of rotatable bonds is 0. The van der Waals surface area contributed by atoms with Crippen molar-refractivity contribution in [3.05, 3.63) is 0 Å². The fraction of sp³-hybridized carbons (Fsp3) is 0.750. The van der Waals surface area contributed by atoms with Gasteiger partial charge in [0.1, 0.15) is 5.78 Å². The van der Waals surface area contributed by atoms with E-state index in [9.17, 15) is 4.79 Å². The zero-order chi connectivity index (χ0) is 7.78. The van der Waals surface area contributed by atoms with Crippen LogP contribution in [0.25, 0.3) is 0 Å². The normalized spacial score (nSPS) is 30.1. The van der Waals surface area contributed by atoms with Crippen LogP contribution in [0.4, 0.5) is 0 Å². The van der Waals surface area contributed by atoms with Gasteiger partial charge in [-0.3, -0.25) is 4.79 Å². The Morgan fingerprint density at radius 3 is 2.50 bits per heavy atom. The summed E-state index contributed by atoms with van der Waals surface area (Å²) in [6.07, 6.45) is 1.34. The lowest BCUT2D eigenvalue weighted by Crippen LogP contribution is -2.23. The fourth-order valence-corrected chi connectivity index (χ4v) is 1.38. The average molecular weight is 137 g/mol. The first-order valence-electron chi connectivity index (χ1n) is 3.52. The van der Waals surface area contributed by atoms with Gasteiger partial charge in [-0.2, -0.15) is 5.26 Å². The van der Waals surface area contributed by atoms with E-state index in [1.807, 2.05) is 13.8 Å². The maximum Gasteiger partial charge on any atom is 0.139 e. The largest absolute Gasteiger partial charge is 0.299 e. The molecule has 1 unspecified atom stereocenters. The molecule has 1 aliphatic carbocycles. The molecule has 1 aliphatic rings. The van der Waals surface area contributed by atoms with Crippen LogP contribution in [-0.2, 0) is 4.79 Å². The molecule has 2 nitrogen and oxygen atoms in total. The second kappa shape index (κ2) is 2.09. The molecular formula is C8H11NO. The Hall–Kier alpha value is -0.840. The molecule has 10 heavy (non-hydrogen) atoms. The van der Waals surface area contributed by atoms with Crippen LogP contribution in [0.15, 0.2) is 0 Å². The number of carbonyl (C=O) groups is 1. The first-order valence-corrected chi connectivity index (χ1v) is 3.52. The molecule has 1 rings (SSSR count). The molecule has 1 atom stereocenters. The van der Waals surface area contributed by atoms with E-state index >= 15 is 0 Å². The first-order chi connectivity index (χ1) is 4.59. The monoisotopic (exact) mass is 137 g/mol. The SMILES string of the molecule is CC1(C)C(=O)CCC1C#N. The maximum atomic E-state index is 11.1. The molecule has 0 spiro atoms. The Labute approximate surface area is 60.8 Å². The Bertz CT molecular complexity index is 200. The minimum absolute atomic E-state index is 0.0556. The number of nitriles is 1. The van der Waals surface area contributed by atoms with Gasteiger partial charge in [0.05, 0.1) is 12.0 Å². The molecule has 1 fully saturated rings. The molecule has 0 amide bonds. The maximum absolute atomic E-state index is 11.1. The van der Waals surface area contributed by atoms with Crippen molar-refractivity contribution >= 4 is 5.78 Å². The lowest BCUT2D eigenvalue weighted by molar-refractivity contribution is -0.124. The van der Waals surface area contributed by atoms with Crippen LogP contribution in [-0.4, -0.2) is 5.78 Å². The summed E-state index contributed by atoms with van der Waals surface area (Å²) in [4.78, 5) is 11.1. The predicted molar refractivity (Wildman–Crippen MR) is 37.1 cm³/mol. The molecule has 0 saturated heterocycles. The summed E-state index contributed by atoms with van der Waals surface area (Å²) < 4.78 is 0. The third-order valence-corrected chi connectivity index (χ3v) is 2.41. The highest BCUT2D eigenvalue weighted by atomic mass is 16.1. The van der Waals surface area contributed by atoms with Crippen molar-refractivity contribution < 1.29 is 4.79 Å². The zero-order valence-corrected chi connectivity index (χ0v) is 6.35. The summed E-state index contributed by atoms with van der Waals surface area (Å²) in [5.74, 6) is 0.180. The molecule has 1 saturated carbocycles. The number of Topliss-reactive ketones (excluding diaryl/α,β-unsaturated/α-hetero) is 1. The second-order valence-corrected chi connectivity index (χ2v) is 3.37. The Morgan fingerprint density at radius 1 is 1.70 bits per heavy atom. The highest BCUT2D eigenvalue weighted by Gasteiger charge is 2.41. The summed E-state index contributed by atoms with van der Waals surface area (Å²) in [5.41, 5.74) is -0.380. The molecule has 2 heteroatoms. The third kappa shape index (κ3) is 0.824. The van der Waals surface area contributed by atoms with Crippen molar-refractivity contribution in [2.45, 2.75) is 26.7 Å². The molecule has 0 aliphatic heterocycles. The van der Waals surface area contributed by atoms with Crippen LogP contribution in [0.2, 0.25) is 0 Å². The van der Waals surface area contributed by atoms with E-state index in [-0.39, 0.29) is 17.1 Å². The topological polar surface area (TPSA) is 40.9 Å². The van der Waals surface area contributed by atoms with Gasteiger partial charge >= 0.3 is 0 Å². The highest BCUT2D eigenvalue weighted by Crippen LogP contribution is 2.38. The minimum atomic E-state index is -0.380. The summed E-state index contributed by atoms with van der Waals surface area (Å²) >= 11 is 0. The van der Waals surface area contributed by atoms with Crippen molar-refractivity contribution in [2.24, 2.45) is 11.3 Å². The van der Waals surface area contributed by atoms with Crippen molar-refractivity contribution in [2.75, 3.05) is 0 Å². The van der Waals surface area contributed by atoms with Gasteiger partial charge in [-0.25, -0.2) is 0 Å². The molecule has 0 heterocycles. The van der Waals surface area contributed by atoms with Gasteiger partial charge in [-0.1, -0.05) is 13.8 Å². The van der Waals surface area contributed by atoms with E-state index < -0.39 is 0 Å². The van der Waals surface area contributed by atoms with Crippen molar-refractivity contribution in [1.82, 2.24) is 0 Å². The van der Waals surface area contributed by atoms with Gasteiger partial charge in [0.2, 0.25) is 0 Å². The average Bonchev–Trinajstić information content (AvgIpc) is 2.10. The molecule has 0 aromatic rings. The standard InChI is InChI=1S/C8H11NO/c1-8(2)6(5-9)3-4-7(8)10/h6H,3-4H2,1-2H3. The number of hydrogen-bond acceptors (Lipinski definition) is 2. The Balaban J connectivity index is 2.86. The summed E-state index contributed by atoms with van der Waals surface area (Å²) in [5, 5.41) is 8.62. The first kappa shape index (κ1) is 7.27. The molecule has 0 N–H and O–H groups in total. The van der Waals surface area contributed by atoms with Gasteiger partial charge < -0.3 is 0 Å². The number of ketones is 1. The smallest absolute Gasteiger partial charge is 0.139 e. The van der Waals surface area contributed by atoms with E-state index in [0.29, 0.717) is 6.42 Å². The summed E-state index contributed by atoms with van der Waals surface area (Å²) in [6.45, 7) is 3.71. The minimum Gasteiger partial charge on any atom is -0.299 e. The zero-order valence-electron chi connectivity index (χ0n) is 6.35. The Morgan fingerprint density at radius 2 is 2.30 bits per heavy atom. The number of hydrogen-bond donors (Lipinski definition) is 0. The second-order valence-electron chi connectivity index (χ2n) is 3.37. The molecule has 0 aromatic heterocycles. The van der Waals surface area contributed by atoms with Crippen LogP contribution >= 0.6 is 0 Å². The van der Waals surface area contributed by atoms with Crippen LogP contribution in [0.1, 0.15) is 26.7 Å². The van der Waals surface area contributed by atoms with Crippen LogP contribution < -0.4 is 0 Å². The summed E-state index contributed by atoms with van der Waals surface area (Å²) in [6, 6.07) is 2.16. The Kier molecular flexibility index (Phi) is 1.52. The van der Waals surface area contributed by atoms with Gasteiger partial charge in [0, 0.05) is 11.8 Å². The molecule has 0 bridgehead atoms. The number of nitrogens with zero attached hydrogens (tertiary/aromatic N) is 1. The van der Waals surface area contributed by atoms with Gasteiger partial charge in [-0.15, -0.1) is 0 Å². The van der Waals surface area contributed by atoms with E-state index in [2.05, 4.69) is 6.07 Å². The van der Waals surface area contributed by atoms with E-state index in [4.69, 9.17) is 5.26 Å². The quantitative estimate of drug-likeness (QED) is 0.507. The molecule has 54 valence electrons. The van der Waals surface area contributed by atoms with Crippen LogP contribution in [0.3, 0.4) is 0 Å². The lowest BCUT2D eigenvalue weighted by Gasteiger charge is -2.18. The van der Waals surface area contributed by atoms with Crippen molar-refractivity contribution in [3.63, 3.8) is 0 Å². The van der Waals surface area contributed by atoms with Crippen molar-refractivity contribution in [1.29, 1.82) is 5.26 Å². The highest BCUT2D eigenvalue weighted by molar-refractivity contribution is 5.86. The van der Waals surface area contributed by atoms with Gasteiger partial charge in [-0.05, 0) is 6.42 Å².